The summed E-state index contributed by atoms with van der Waals surface area (Å²) in [5.41, 5.74) is 0.612. The summed E-state index contributed by atoms with van der Waals surface area (Å²) in [5.74, 6) is -2.14. The molecule has 164 valence electrons. The van der Waals surface area contributed by atoms with Crippen LogP contribution in [0.4, 0.5) is 14.5 Å². The van der Waals surface area contributed by atoms with Crippen molar-refractivity contribution in [2.45, 2.75) is 4.90 Å². The van der Waals surface area contributed by atoms with Crippen molar-refractivity contribution in [1.82, 2.24) is 15.0 Å². The fourth-order valence-corrected chi connectivity index (χ4v) is 4.11. The van der Waals surface area contributed by atoms with E-state index in [1.807, 2.05) is 24.3 Å². The van der Waals surface area contributed by atoms with Crippen molar-refractivity contribution in [3.05, 3.63) is 95.2 Å². The number of ketones is 1. The zero-order chi connectivity index (χ0) is 22.9. The molecular weight excluding hydrogens is 470 g/mol. The number of carbonyl (C=O) groups is 1. The summed E-state index contributed by atoms with van der Waals surface area (Å²) >= 11 is 7.09. The molecule has 6 nitrogen and oxygen atoms in total. The summed E-state index contributed by atoms with van der Waals surface area (Å²) in [6.07, 6.45) is 5.72. The van der Waals surface area contributed by atoms with Crippen LogP contribution in [0.25, 0.3) is 22.4 Å². The Bertz CT molecular complexity index is 1470. The van der Waals surface area contributed by atoms with E-state index in [9.17, 15) is 9.18 Å². The Balaban J connectivity index is 1.40. The van der Waals surface area contributed by atoms with Crippen LogP contribution in [-0.2, 0) is 0 Å². The first-order valence-corrected chi connectivity index (χ1v) is 10.8. The van der Waals surface area contributed by atoms with Gasteiger partial charge in [-0.1, -0.05) is 23.7 Å². The zero-order valence-corrected chi connectivity index (χ0v) is 18.2. The van der Waals surface area contributed by atoms with Gasteiger partial charge in [-0.3, -0.25) is 4.79 Å². The lowest BCUT2D eigenvalue weighted by atomic mass is 10.0. The van der Waals surface area contributed by atoms with E-state index >= 15 is 4.39 Å². The lowest BCUT2D eigenvalue weighted by Crippen LogP contribution is -2.09. The summed E-state index contributed by atoms with van der Waals surface area (Å²) in [7, 11) is 0. The number of benzene rings is 2. The van der Waals surface area contributed by atoms with Crippen molar-refractivity contribution in [3.8, 4) is 11.3 Å². The second kappa shape index (κ2) is 8.68. The smallest absolute Gasteiger partial charge is 0.201 e. The third-order valence-corrected chi connectivity index (χ3v) is 5.95. The zero-order valence-electron chi connectivity index (χ0n) is 16.6. The van der Waals surface area contributed by atoms with Gasteiger partial charge in [-0.2, -0.15) is 0 Å². The normalized spacial score (nSPS) is 11.1. The minimum atomic E-state index is -0.991. The van der Waals surface area contributed by atoms with Gasteiger partial charge in [0.2, 0.25) is 5.78 Å². The molecule has 3 aromatic heterocycles. The van der Waals surface area contributed by atoms with Crippen molar-refractivity contribution in [3.63, 3.8) is 0 Å². The predicted octanol–water partition coefficient (Wildman–Crippen LogP) is 6.50. The average molecular weight is 483 g/mol. The first-order valence-electron chi connectivity index (χ1n) is 9.58. The number of nitrogens with one attached hydrogen (secondary N) is 2. The molecule has 0 unspecified atom stereocenters. The van der Waals surface area contributed by atoms with Crippen molar-refractivity contribution >= 4 is 46.1 Å². The van der Waals surface area contributed by atoms with Gasteiger partial charge >= 0.3 is 0 Å². The summed E-state index contributed by atoms with van der Waals surface area (Å²) in [5, 5.41) is 0.684. The van der Waals surface area contributed by atoms with Crippen LogP contribution in [0.2, 0.25) is 5.02 Å². The van der Waals surface area contributed by atoms with Gasteiger partial charge in [-0.25, -0.2) is 18.7 Å². The molecule has 5 aromatic rings. The molecule has 0 spiro atoms. The summed E-state index contributed by atoms with van der Waals surface area (Å²) in [6.45, 7) is 0. The van der Waals surface area contributed by atoms with Crippen molar-refractivity contribution in [2.75, 3.05) is 4.72 Å². The molecule has 0 aliphatic rings. The predicted molar refractivity (Wildman–Crippen MR) is 122 cm³/mol. The SMILES string of the molecule is O=C(c1c(F)ccc(NSc2ccc(-c3cnco3)cc2)c1F)c1c[nH]c2ncc(Cl)cc12. The third kappa shape index (κ3) is 4.08. The van der Waals surface area contributed by atoms with Gasteiger partial charge in [0, 0.05) is 33.8 Å². The second-order valence-corrected chi connectivity index (χ2v) is 8.28. The number of halogens is 3. The number of hydrogen-bond donors (Lipinski definition) is 2. The summed E-state index contributed by atoms with van der Waals surface area (Å²) in [4.78, 5) is 24.6. The first kappa shape index (κ1) is 21.2. The third-order valence-electron chi connectivity index (χ3n) is 4.91. The van der Waals surface area contributed by atoms with Gasteiger partial charge in [0.25, 0.3) is 0 Å². The first-order chi connectivity index (χ1) is 16.0. The maximum absolute atomic E-state index is 15.2. The average Bonchev–Trinajstić information content (AvgIpc) is 3.49. The number of pyridine rings is 1. The molecule has 0 radical (unpaired) electrons. The summed E-state index contributed by atoms with van der Waals surface area (Å²) < 4.78 is 37.8. The monoisotopic (exact) mass is 482 g/mol. The number of nitrogens with zero attached hydrogens (tertiary/aromatic N) is 2. The maximum Gasteiger partial charge on any atom is 0.201 e. The largest absolute Gasteiger partial charge is 0.444 e. The molecule has 10 heteroatoms. The number of anilines is 1. The van der Waals surface area contributed by atoms with Crippen LogP contribution < -0.4 is 4.72 Å². The Morgan fingerprint density at radius 3 is 2.70 bits per heavy atom. The molecule has 3 heterocycles. The van der Waals surface area contributed by atoms with Crippen LogP contribution >= 0.6 is 23.5 Å². The number of fused-ring (bicyclic) bond motifs is 1. The van der Waals surface area contributed by atoms with Gasteiger partial charge in [0.15, 0.2) is 18.0 Å². The number of H-pyrrole nitrogens is 1. The minimum Gasteiger partial charge on any atom is -0.444 e. The van der Waals surface area contributed by atoms with E-state index in [1.165, 1.54) is 30.9 Å². The van der Waals surface area contributed by atoms with E-state index in [1.54, 1.807) is 6.20 Å². The fourth-order valence-electron chi connectivity index (χ4n) is 3.30. The Kier molecular flexibility index (Phi) is 5.57. The van der Waals surface area contributed by atoms with Crippen LogP contribution in [-0.4, -0.2) is 20.7 Å². The van der Waals surface area contributed by atoms with Crippen LogP contribution in [0.1, 0.15) is 15.9 Å². The number of hydrogen-bond acceptors (Lipinski definition) is 6. The molecule has 0 aliphatic carbocycles. The number of aromatic nitrogens is 3. The number of aromatic amines is 1. The van der Waals surface area contributed by atoms with E-state index in [0.717, 1.165) is 28.5 Å². The van der Waals surface area contributed by atoms with Crippen molar-refractivity contribution < 1.29 is 18.0 Å². The molecule has 0 atom stereocenters. The molecular formula is C23H13ClF2N4O2S. The Morgan fingerprint density at radius 2 is 1.94 bits per heavy atom. The van der Waals surface area contributed by atoms with Gasteiger partial charge in [-0.15, -0.1) is 0 Å². The van der Waals surface area contributed by atoms with Crippen molar-refractivity contribution in [1.29, 1.82) is 0 Å². The van der Waals surface area contributed by atoms with Gasteiger partial charge in [-0.05, 0) is 42.3 Å². The Hall–Kier alpha value is -3.69. The van der Waals surface area contributed by atoms with Crippen LogP contribution in [0.3, 0.4) is 0 Å². The minimum absolute atomic E-state index is 0.0277. The number of oxazole rings is 1. The van der Waals surface area contributed by atoms with Crippen LogP contribution in [0.5, 0.6) is 0 Å². The molecule has 0 saturated carbocycles. The van der Waals surface area contributed by atoms with Gasteiger partial charge < -0.3 is 14.1 Å². The lowest BCUT2D eigenvalue weighted by Gasteiger charge is -2.11. The van der Waals surface area contributed by atoms with E-state index in [0.29, 0.717) is 21.8 Å². The highest BCUT2D eigenvalue weighted by molar-refractivity contribution is 8.00. The molecule has 2 N–H and O–H groups in total. The van der Waals surface area contributed by atoms with Crippen molar-refractivity contribution in [2.24, 2.45) is 0 Å². The highest BCUT2D eigenvalue weighted by atomic mass is 35.5. The summed E-state index contributed by atoms with van der Waals surface area (Å²) in [6, 6.07) is 11.1. The topological polar surface area (TPSA) is 83.8 Å². The van der Waals surface area contributed by atoms with E-state index < -0.39 is 23.0 Å². The molecule has 5 rings (SSSR count). The quantitative estimate of drug-likeness (QED) is 0.212. The molecule has 0 bridgehead atoms. The number of carbonyl (C=O) groups excluding carboxylic acids is 1. The Morgan fingerprint density at radius 1 is 1.12 bits per heavy atom. The molecule has 33 heavy (non-hydrogen) atoms. The van der Waals surface area contributed by atoms with E-state index in [2.05, 4.69) is 19.7 Å². The Labute approximate surface area is 195 Å². The standard InChI is InChI=1S/C23H13ClF2N4O2S/c24-13-7-15-16(9-29-23(15)28-8-13)22(31)20-17(25)5-6-18(21(20)26)30-33-14-3-1-12(2-4-14)19-10-27-11-32-19/h1-11,30H,(H,28,29). The van der Waals surface area contributed by atoms with E-state index in [-0.39, 0.29) is 11.3 Å². The second-order valence-electron chi connectivity index (χ2n) is 6.96. The molecule has 0 fully saturated rings. The van der Waals surface area contributed by atoms with E-state index in [4.69, 9.17) is 16.0 Å². The molecule has 0 amide bonds. The highest BCUT2D eigenvalue weighted by Gasteiger charge is 2.24. The van der Waals surface area contributed by atoms with Crippen LogP contribution in [0, 0.1) is 11.6 Å². The lowest BCUT2D eigenvalue weighted by molar-refractivity contribution is 0.103. The number of rotatable bonds is 6. The molecule has 2 aromatic carbocycles. The van der Waals surface area contributed by atoms with Gasteiger partial charge in [0.05, 0.1) is 22.5 Å². The highest BCUT2D eigenvalue weighted by Crippen LogP contribution is 2.31. The maximum atomic E-state index is 15.2. The fraction of sp³-hybridized carbons (Fsp3) is 0. The molecule has 0 saturated heterocycles. The van der Waals surface area contributed by atoms with Crippen LogP contribution in [0.15, 0.2) is 76.8 Å². The van der Waals surface area contributed by atoms with Gasteiger partial charge in [0.1, 0.15) is 11.5 Å². The molecule has 0 aliphatic heterocycles.